The van der Waals surface area contributed by atoms with Crippen molar-refractivity contribution in [2.75, 3.05) is 0 Å². The van der Waals surface area contributed by atoms with Crippen LogP contribution in [0.3, 0.4) is 0 Å². The molecule has 0 aliphatic rings. The zero-order valence-electron chi connectivity index (χ0n) is 19.3. The van der Waals surface area contributed by atoms with E-state index in [4.69, 9.17) is 0 Å². The monoisotopic (exact) mass is 518 g/mol. The van der Waals surface area contributed by atoms with Gasteiger partial charge in [-0.3, -0.25) is 9.36 Å². The van der Waals surface area contributed by atoms with Gasteiger partial charge in [0.2, 0.25) is 5.91 Å². The number of benzene rings is 2. The highest BCUT2D eigenvalue weighted by molar-refractivity contribution is 7.13. The maximum atomic E-state index is 14.3. The number of nitrogens with zero attached hydrogens (tertiary/aromatic N) is 3. The van der Waals surface area contributed by atoms with E-state index >= 15 is 0 Å². The number of alkyl halides is 3. The van der Waals surface area contributed by atoms with Crippen LogP contribution in [0.2, 0.25) is 0 Å². The summed E-state index contributed by atoms with van der Waals surface area (Å²) in [5, 5.41) is 8.79. The van der Waals surface area contributed by atoms with Gasteiger partial charge in [0, 0.05) is 5.56 Å². The lowest BCUT2D eigenvalue weighted by molar-refractivity contribution is -0.137. The molecule has 2 heterocycles. The molecule has 2 aromatic carbocycles. The van der Waals surface area contributed by atoms with Crippen LogP contribution in [0, 0.1) is 5.82 Å². The smallest absolute Gasteiger partial charge is 0.346 e. The van der Waals surface area contributed by atoms with Gasteiger partial charge in [0.25, 0.3) is 0 Å². The Kier molecular flexibility index (Phi) is 6.85. The summed E-state index contributed by atoms with van der Waals surface area (Å²) >= 11 is 1.33. The molecule has 0 saturated heterocycles. The van der Waals surface area contributed by atoms with Gasteiger partial charge in [-0.05, 0) is 49.1 Å². The molecule has 0 radical (unpaired) electrons. The predicted octanol–water partition coefficient (Wildman–Crippen LogP) is 5.03. The van der Waals surface area contributed by atoms with E-state index in [-0.39, 0.29) is 23.5 Å². The standard InChI is InChI=1S/C25H22F4N4O2S/c1-24(2,17-8-5-9-18(13-17)25(27,28)29)30-21(34)15-33-23(35)32(14-16-7-3-4-10-19(16)26)22(31-33)20-11-6-12-36-20/h3-13H,14-15H2,1-2H3,(H,30,34). The van der Waals surface area contributed by atoms with E-state index in [1.54, 1.807) is 49.6 Å². The highest BCUT2D eigenvalue weighted by Crippen LogP contribution is 2.32. The number of hydrogen-bond acceptors (Lipinski definition) is 4. The zero-order chi connectivity index (χ0) is 26.1. The molecule has 0 aliphatic carbocycles. The van der Waals surface area contributed by atoms with Gasteiger partial charge in [0.15, 0.2) is 5.82 Å². The highest BCUT2D eigenvalue weighted by Gasteiger charge is 2.32. The van der Waals surface area contributed by atoms with Crippen LogP contribution >= 0.6 is 11.3 Å². The van der Waals surface area contributed by atoms with E-state index in [9.17, 15) is 27.2 Å². The minimum atomic E-state index is -4.52. The summed E-state index contributed by atoms with van der Waals surface area (Å²) in [4.78, 5) is 26.7. The number of thiophene rings is 1. The number of carbonyl (C=O) groups is 1. The summed E-state index contributed by atoms with van der Waals surface area (Å²) in [6.07, 6.45) is -4.52. The lowest BCUT2D eigenvalue weighted by atomic mass is 9.92. The SMILES string of the molecule is CC(C)(NC(=O)Cn1nc(-c2cccs2)n(Cc2ccccc2F)c1=O)c1cccc(C(F)(F)F)c1. The number of rotatable bonds is 7. The predicted molar refractivity (Wildman–Crippen MR) is 128 cm³/mol. The van der Waals surface area contributed by atoms with Crippen molar-refractivity contribution in [3.8, 4) is 10.7 Å². The average molecular weight is 519 g/mol. The van der Waals surface area contributed by atoms with Gasteiger partial charge in [-0.2, -0.15) is 13.2 Å². The first-order valence-corrected chi connectivity index (χ1v) is 11.8. The summed E-state index contributed by atoms with van der Waals surface area (Å²) in [5.74, 6) is -0.814. The summed E-state index contributed by atoms with van der Waals surface area (Å²) in [6, 6.07) is 14.3. The van der Waals surface area contributed by atoms with Crippen LogP contribution in [0.4, 0.5) is 17.6 Å². The van der Waals surface area contributed by atoms with E-state index in [0.717, 1.165) is 16.8 Å². The second-order valence-corrected chi connectivity index (χ2v) is 9.62. The number of amides is 1. The lowest BCUT2D eigenvalue weighted by Crippen LogP contribution is -2.44. The van der Waals surface area contributed by atoms with Crippen LogP contribution in [0.1, 0.15) is 30.5 Å². The maximum Gasteiger partial charge on any atom is 0.416 e. The molecule has 4 rings (SSSR count). The van der Waals surface area contributed by atoms with Crippen molar-refractivity contribution in [3.05, 3.63) is 99.0 Å². The number of nitrogens with one attached hydrogen (secondary N) is 1. The fourth-order valence-corrected chi connectivity index (χ4v) is 4.47. The van der Waals surface area contributed by atoms with Gasteiger partial charge in [0.1, 0.15) is 12.4 Å². The van der Waals surface area contributed by atoms with Crippen molar-refractivity contribution in [1.82, 2.24) is 19.7 Å². The van der Waals surface area contributed by atoms with Gasteiger partial charge in [-0.1, -0.05) is 36.4 Å². The second-order valence-electron chi connectivity index (χ2n) is 8.67. The first-order valence-electron chi connectivity index (χ1n) is 10.9. The molecule has 4 aromatic rings. The van der Waals surface area contributed by atoms with Crippen LogP contribution in [0.15, 0.2) is 70.8 Å². The molecule has 6 nitrogen and oxygen atoms in total. The van der Waals surface area contributed by atoms with Gasteiger partial charge in [0.05, 0.1) is 22.5 Å². The fourth-order valence-electron chi connectivity index (χ4n) is 3.75. The van der Waals surface area contributed by atoms with Gasteiger partial charge in [-0.15, -0.1) is 16.4 Å². The van der Waals surface area contributed by atoms with Crippen molar-refractivity contribution < 1.29 is 22.4 Å². The van der Waals surface area contributed by atoms with E-state index < -0.39 is 41.2 Å². The maximum absolute atomic E-state index is 14.3. The van der Waals surface area contributed by atoms with Crippen molar-refractivity contribution in [2.45, 2.75) is 38.7 Å². The van der Waals surface area contributed by atoms with Gasteiger partial charge >= 0.3 is 11.9 Å². The molecule has 2 aromatic heterocycles. The molecule has 1 N–H and O–H groups in total. The van der Waals surface area contributed by atoms with Gasteiger partial charge in [-0.25, -0.2) is 13.9 Å². The second kappa shape index (κ2) is 9.73. The Bertz CT molecular complexity index is 1440. The van der Waals surface area contributed by atoms with E-state index in [2.05, 4.69) is 10.4 Å². The van der Waals surface area contributed by atoms with Crippen LogP contribution in [0.25, 0.3) is 10.7 Å². The van der Waals surface area contributed by atoms with E-state index in [0.29, 0.717) is 4.88 Å². The molecule has 36 heavy (non-hydrogen) atoms. The lowest BCUT2D eigenvalue weighted by Gasteiger charge is -2.27. The number of hydrogen-bond donors (Lipinski definition) is 1. The highest BCUT2D eigenvalue weighted by atomic mass is 32.1. The van der Waals surface area contributed by atoms with Crippen molar-refractivity contribution in [2.24, 2.45) is 0 Å². The number of aromatic nitrogens is 3. The van der Waals surface area contributed by atoms with Crippen LogP contribution in [0.5, 0.6) is 0 Å². The quantitative estimate of drug-likeness (QED) is 0.349. The van der Waals surface area contributed by atoms with Crippen molar-refractivity contribution in [3.63, 3.8) is 0 Å². The van der Waals surface area contributed by atoms with E-state index in [1.807, 2.05) is 0 Å². The third kappa shape index (κ3) is 5.40. The first kappa shape index (κ1) is 25.4. The van der Waals surface area contributed by atoms with Crippen LogP contribution < -0.4 is 11.0 Å². The molecular weight excluding hydrogens is 496 g/mol. The molecule has 0 spiro atoms. The Morgan fingerprint density at radius 3 is 2.42 bits per heavy atom. The Labute approximate surface area is 207 Å². The molecular formula is C25H22F4N4O2S. The van der Waals surface area contributed by atoms with Gasteiger partial charge < -0.3 is 5.32 Å². The molecule has 0 fully saturated rings. The Morgan fingerprint density at radius 1 is 1.03 bits per heavy atom. The first-order chi connectivity index (χ1) is 17.0. The van der Waals surface area contributed by atoms with Crippen LogP contribution in [-0.4, -0.2) is 20.3 Å². The third-order valence-electron chi connectivity index (χ3n) is 5.61. The van der Waals surface area contributed by atoms with Crippen molar-refractivity contribution in [1.29, 1.82) is 0 Å². The largest absolute Gasteiger partial charge is 0.416 e. The molecule has 11 heteroatoms. The Balaban J connectivity index is 1.60. The third-order valence-corrected chi connectivity index (χ3v) is 6.47. The van der Waals surface area contributed by atoms with Crippen molar-refractivity contribution >= 4 is 17.2 Å². The summed E-state index contributed by atoms with van der Waals surface area (Å²) in [5.41, 5.74) is -2.07. The zero-order valence-corrected chi connectivity index (χ0v) is 20.2. The molecule has 0 aliphatic heterocycles. The van der Waals surface area contributed by atoms with Crippen LogP contribution in [-0.2, 0) is 29.6 Å². The summed E-state index contributed by atoms with van der Waals surface area (Å²) in [7, 11) is 0. The Hall–Kier alpha value is -3.73. The number of carbonyl (C=O) groups excluding carboxylic acids is 1. The molecule has 0 saturated carbocycles. The molecule has 188 valence electrons. The average Bonchev–Trinajstić information content (AvgIpc) is 3.44. The topological polar surface area (TPSA) is 68.9 Å². The molecule has 1 amide bonds. The normalized spacial score (nSPS) is 12.1. The minimum absolute atomic E-state index is 0.0872. The summed E-state index contributed by atoms with van der Waals surface area (Å²) < 4.78 is 55.9. The minimum Gasteiger partial charge on any atom is -0.346 e. The fraction of sp³-hybridized carbons (Fsp3) is 0.240. The summed E-state index contributed by atoms with van der Waals surface area (Å²) in [6.45, 7) is 2.58. The van der Waals surface area contributed by atoms with E-state index in [1.165, 1.54) is 34.1 Å². The Morgan fingerprint density at radius 2 is 1.75 bits per heavy atom. The molecule has 0 bridgehead atoms. The molecule has 0 atom stereocenters. The number of halogens is 4. The molecule has 0 unspecified atom stereocenters.